The van der Waals surface area contributed by atoms with Crippen LogP contribution in [0.25, 0.3) is 0 Å². The van der Waals surface area contributed by atoms with Crippen LogP contribution < -0.4 is 0 Å². The van der Waals surface area contributed by atoms with Crippen LogP contribution in [0, 0.1) is 5.92 Å². The molecule has 2 rings (SSSR count). The molecule has 0 aromatic carbocycles. The summed E-state index contributed by atoms with van der Waals surface area (Å²) in [6.45, 7) is 2.05. The Hall–Kier alpha value is -1.42. The topological polar surface area (TPSA) is 50.3 Å². The molecule has 0 N–H and O–H groups in total. The summed E-state index contributed by atoms with van der Waals surface area (Å²) in [5.74, 6) is -0.430. The van der Waals surface area contributed by atoms with Crippen molar-refractivity contribution < 1.29 is 9.59 Å². The van der Waals surface area contributed by atoms with Crippen molar-refractivity contribution in [3.05, 3.63) is 29.0 Å². The van der Waals surface area contributed by atoms with Crippen molar-refractivity contribution in [3.8, 4) is 0 Å². The Balaban J connectivity index is 2.13. The third-order valence-electron chi connectivity index (χ3n) is 2.60. The van der Waals surface area contributed by atoms with Gasteiger partial charge in [0.15, 0.2) is 0 Å². The minimum atomic E-state index is -0.201. The highest BCUT2D eigenvalue weighted by molar-refractivity contribution is 6.29. The number of hydrogen-bond acceptors (Lipinski definition) is 3. The molecule has 1 atom stereocenters. The molecule has 0 spiro atoms. The fraction of sp³-hybridized carbons (Fsp3) is 0.364. The highest BCUT2D eigenvalue weighted by atomic mass is 35.5. The molecule has 1 aromatic heterocycles. The summed E-state index contributed by atoms with van der Waals surface area (Å²) in [6.07, 6.45) is 1.88. The normalized spacial score (nSPS) is 20.6. The number of pyridine rings is 1. The molecular weight excluding hydrogens is 228 g/mol. The third kappa shape index (κ3) is 2.07. The van der Waals surface area contributed by atoms with E-state index < -0.39 is 0 Å². The van der Waals surface area contributed by atoms with Crippen molar-refractivity contribution in [2.45, 2.75) is 19.9 Å². The molecule has 1 unspecified atom stereocenters. The number of carbonyl (C=O) groups excluding carboxylic acids is 2. The molecule has 2 heterocycles. The van der Waals surface area contributed by atoms with Crippen molar-refractivity contribution in [2.24, 2.45) is 5.92 Å². The third-order valence-corrected chi connectivity index (χ3v) is 2.82. The molecule has 0 saturated carbocycles. The number of aromatic nitrogens is 1. The van der Waals surface area contributed by atoms with Crippen LogP contribution >= 0.6 is 11.6 Å². The van der Waals surface area contributed by atoms with Crippen LogP contribution in [-0.4, -0.2) is 21.7 Å². The highest BCUT2D eigenvalue weighted by Gasteiger charge is 2.35. The maximum atomic E-state index is 11.6. The number of amides is 2. The van der Waals surface area contributed by atoms with Crippen LogP contribution in [0.3, 0.4) is 0 Å². The van der Waals surface area contributed by atoms with Gasteiger partial charge in [-0.1, -0.05) is 24.6 Å². The predicted octanol–water partition coefficient (Wildman–Crippen LogP) is 1.63. The number of halogens is 1. The smallest absolute Gasteiger partial charge is 0.232 e. The molecule has 1 aliphatic rings. The zero-order valence-electron chi connectivity index (χ0n) is 8.81. The van der Waals surface area contributed by atoms with E-state index in [1.165, 1.54) is 4.90 Å². The van der Waals surface area contributed by atoms with Crippen LogP contribution in [-0.2, 0) is 16.1 Å². The monoisotopic (exact) mass is 238 g/mol. The van der Waals surface area contributed by atoms with Crippen molar-refractivity contribution in [2.75, 3.05) is 0 Å². The molecule has 16 heavy (non-hydrogen) atoms. The van der Waals surface area contributed by atoms with Crippen LogP contribution in [0.15, 0.2) is 18.3 Å². The summed E-state index contributed by atoms with van der Waals surface area (Å²) in [5, 5.41) is 0.399. The van der Waals surface area contributed by atoms with E-state index in [4.69, 9.17) is 11.6 Å². The first-order chi connectivity index (χ1) is 7.58. The average molecular weight is 239 g/mol. The molecule has 0 radical (unpaired) electrons. The second-order valence-corrected chi connectivity index (χ2v) is 4.30. The van der Waals surface area contributed by atoms with Crippen molar-refractivity contribution in [3.63, 3.8) is 0 Å². The number of rotatable bonds is 2. The molecule has 1 fully saturated rings. The Bertz CT molecular complexity index is 430. The van der Waals surface area contributed by atoms with E-state index in [1.54, 1.807) is 25.3 Å². The maximum Gasteiger partial charge on any atom is 0.232 e. The molecule has 5 heteroatoms. The van der Waals surface area contributed by atoms with Crippen LogP contribution in [0.4, 0.5) is 0 Å². The van der Waals surface area contributed by atoms with E-state index in [0.717, 1.165) is 5.56 Å². The molecule has 4 nitrogen and oxygen atoms in total. The zero-order valence-corrected chi connectivity index (χ0v) is 9.57. The van der Waals surface area contributed by atoms with Gasteiger partial charge in [-0.25, -0.2) is 4.98 Å². The van der Waals surface area contributed by atoms with Crippen molar-refractivity contribution in [1.82, 2.24) is 9.88 Å². The molecule has 84 valence electrons. The molecule has 2 amide bonds. The van der Waals surface area contributed by atoms with Gasteiger partial charge in [-0.2, -0.15) is 0 Å². The summed E-state index contributed by atoms with van der Waals surface area (Å²) in [7, 11) is 0. The Morgan fingerprint density at radius 3 is 2.75 bits per heavy atom. The minimum absolute atomic E-state index is 0.111. The first-order valence-corrected chi connectivity index (χ1v) is 5.40. The van der Waals surface area contributed by atoms with E-state index in [1.807, 2.05) is 0 Å². The fourth-order valence-electron chi connectivity index (χ4n) is 1.70. The summed E-state index contributed by atoms with van der Waals surface area (Å²) >= 11 is 5.65. The average Bonchev–Trinajstić information content (AvgIpc) is 2.48. The van der Waals surface area contributed by atoms with Gasteiger partial charge in [0.25, 0.3) is 0 Å². The standard InChI is InChI=1S/C11H11ClN2O2/c1-7-4-10(15)14(11(7)16)6-8-2-3-9(12)13-5-8/h2-3,5,7H,4,6H2,1H3. The Morgan fingerprint density at radius 2 is 2.25 bits per heavy atom. The Labute approximate surface area is 98.2 Å². The maximum absolute atomic E-state index is 11.6. The highest BCUT2D eigenvalue weighted by Crippen LogP contribution is 2.21. The summed E-state index contributed by atoms with van der Waals surface area (Å²) in [5.41, 5.74) is 0.806. The van der Waals surface area contributed by atoms with Crippen LogP contribution in [0.1, 0.15) is 18.9 Å². The SMILES string of the molecule is CC1CC(=O)N(Cc2ccc(Cl)nc2)C1=O. The van der Waals surface area contributed by atoms with E-state index >= 15 is 0 Å². The summed E-state index contributed by atoms with van der Waals surface area (Å²) in [4.78, 5) is 28.4. The van der Waals surface area contributed by atoms with Gasteiger partial charge in [-0.05, 0) is 11.6 Å². The summed E-state index contributed by atoms with van der Waals surface area (Å²) < 4.78 is 0. The van der Waals surface area contributed by atoms with Gasteiger partial charge in [0, 0.05) is 18.5 Å². The van der Waals surface area contributed by atoms with Gasteiger partial charge in [-0.15, -0.1) is 0 Å². The molecule has 0 bridgehead atoms. The van der Waals surface area contributed by atoms with Crippen LogP contribution in [0.2, 0.25) is 5.15 Å². The number of imide groups is 1. The lowest BCUT2D eigenvalue weighted by Gasteiger charge is -2.13. The fourth-order valence-corrected chi connectivity index (χ4v) is 1.81. The molecule has 1 saturated heterocycles. The van der Waals surface area contributed by atoms with E-state index in [2.05, 4.69) is 4.98 Å². The second-order valence-electron chi connectivity index (χ2n) is 3.91. The van der Waals surface area contributed by atoms with Crippen molar-refractivity contribution >= 4 is 23.4 Å². The molecule has 1 aliphatic heterocycles. The molecular formula is C11H11ClN2O2. The summed E-state index contributed by atoms with van der Waals surface area (Å²) in [6, 6.07) is 3.41. The Morgan fingerprint density at radius 1 is 1.50 bits per heavy atom. The first-order valence-electron chi connectivity index (χ1n) is 5.02. The lowest BCUT2D eigenvalue weighted by Crippen LogP contribution is -2.29. The van der Waals surface area contributed by atoms with Gasteiger partial charge in [0.05, 0.1) is 6.54 Å². The Kier molecular flexibility index (Phi) is 2.92. The number of carbonyl (C=O) groups is 2. The van der Waals surface area contributed by atoms with E-state index in [-0.39, 0.29) is 24.3 Å². The van der Waals surface area contributed by atoms with E-state index in [0.29, 0.717) is 11.6 Å². The quantitative estimate of drug-likeness (QED) is 0.581. The molecule has 1 aromatic rings. The van der Waals surface area contributed by atoms with Crippen molar-refractivity contribution in [1.29, 1.82) is 0 Å². The van der Waals surface area contributed by atoms with Gasteiger partial charge in [0.1, 0.15) is 5.15 Å². The zero-order chi connectivity index (χ0) is 11.7. The second kappa shape index (κ2) is 4.22. The lowest BCUT2D eigenvalue weighted by atomic mass is 10.1. The van der Waals surface area contributed by atoms with E-state index in [9.17, 15) is 9.59 Å². The van der Waals surface area contributed by atoms with Gasteiger partial charge in [-0.3, -0.25) is 14.5 Å². The lowest BCUT2D eigenvalue weighted by molar-refractivity contribution is -0.139. The minimum Gasteiger partial charge on any atom is -0.278 e. The predicted molar refractivity (Wildman–Crippen MR) is 58.6 cm³/mol. The number of likely N-dealkylation sites (tertiary alicyclic amines) is 1. The van der Waals surface area contributed by atoms with Gasteiger partial charge < -0.3 is 0 Å². The van der Waals surface area contributed by atoms with Gasteiger partial charge >= 0.3 is 0 Å². The van der Waals surface area contributed by atoms with Gasteiger partial charge in [0.2, 0.25) is 11.8 Å². The molecule has 0 aliphatic carbocycles. The first kappa shape index (κ1) is 11.1. The van der Waals surface area contributed by atoms with Crippen LogP contribution in [0.5, 0.6) is 0 Å². The largest absolute Gasteiger partial charge is 0.278 e. The number of nitrogens with zero attached hydrogens (tertiary/aromatic N) is 2. The number of hydrogen-bond donors (Lipinski definition) is 0.